The minimum absolute atomic E-state index is 0.00254. The number of fused-ring (bicyclic) bond motifs is 3. The lowest BCUT2D eigenvalue weighted by Crippen LogP contribution is -2.45. The minimum Gasteiger partial charge on any atom is -0.481 e. The predicted octanol–water partition coefficient (Wildman–Crippen LogP) is 4.84. The maximum absolute atomic E-state index is 12.6. The first-order chi connectivity index (χ1) is 16.9. The highest BCUT2D eigenvalue weighted by atomic mass is 16.5. The Morgan fingerprint density at radius 1 is 1.00 bits per heavy atom. The molecule has 3 atom stereocenters. The van der Waals surface area contributed by atoms with Crippen molar-refractivity contribution in [2.75, 3.05) is 6.61 Å². The van der Waals surface area contributed by atoms with Crippen LogP contribution in [0.5, 0.6) is 0 Å². The summed E-state index contributed by atoms with van der Waals surface area (Å²) in [6.07, 6.45) is 4.20. The van der Waals surface area contributed by atoms with Gasteiger partial charge < -0.3 is 20.5 Å². The van der Waals surface area contributed by atoms with Crippen LogP contribution < -0.4 is 10.6 Å². The summed E-state index contributed by atoms with van der Waals surface area (Å²) < 4.78 is 5.58. The molecule has 1 saturated carbocycles. The maximum Gasteiger partial charge on any atom is 0.407 e. The topological polar surface area (TPSA) is 105 Å². The van der Waals surface area contributed by atoms with Crippen molar-refractivity contribution >= 4 is 18.0 Å². The van der Waals surface area contributed by atoms with Crippen LogP contribution in [0.15, 0.2) is 48.5 Å². The molecule has 3 unspecified atom stereocenters. The summed E-state index contributed by atoms with van der Waals surface area (Å²) in [5.74, 6) is -0.764. The Kier molecular flexibility index (Phi) is 8.06. The zero-order chi connectivity index (χ0) is 24.8. The maximum atomic E-state index is 12.6. The number of carbonyl (C=O) groups is 3. The Morgan fingerprint density at radius 2 is 1.63 bits per heavy atom. The lowest BCUT2D eigenvalue weighted by atomic mass is 9.81. The summed E-state index contributed by atoms with van der Waals surface area (Å²) in [6, 6.07) is 16.0. The Labute approximate surface area is 206 Å². The van der Waals surface area contributed by atoms with Crippen molar-refractivity contribution in [1.29, 1.82) is 0 Å². The van der Waals surface area contributed by atoms with Crippen LogP contribution in [0.2, 0.25) is 0 Å². The molecule has 0 bridgehead atoms. The van der Waals surface area contributed by atoms with Gasteiger partial charge in [0.2, 0.25) is 5.91 Å². The molecule has 4 rings (SSSR count). The number of hydrogen-bond donors (Lipinski definition) is 3. The summed E-state index contributed by atoms with van der Waals surface area (Å²) >= 11 is 0. The van der Waals surface area contributed by atoms with Crippen molar-refractivity contribution in [3.63, 3.8) is 0 Å². The van der Waals surface area contributed by atoms with E-state index in [1.54, 1.807) is 6.92 Å². The van der Waals surface area contributed by atoms with Crippen LogP contribution in [-0.2, 0) is 14.3 Å². The second kappa shape index (κ2) is 11.4. The third-order valence-corrected chi connectivity index (χ3v) is 7.18. The lowest BCUT2D eigenvalue weighted by Gasteiger charge is -2.32. The van der Waals surface area contributed by atoms with E-state index >= 15 is 0 Å². The van der Waals surface area contributed by atoms with Gasteiger partial charge >= 0.3 is 12.1 Å². The van der Waals surface area contributed by atoms with Crippen LogP contribution in [0, 0.1) is 5.92 Å². The molecule has 2 aromatic rings. The normalized spacial score (nSPS) is 19.8. The van der Waals surface area contributed by atoms with E-state index in [0.29, 0.717) is 6.42 Å². The van der Waals surface area contributed by atoms with Crippen molar-refractivity contribution < 1.29 is 24.2 Å². The van der Waals surface area contributed by atoms with Gasteiger partial charge in [-0.05, 0) is 54.4 Å². The predicted molar refractivity (Wildman–Crippen MR) is 133 cm³/mol. The van der Waals surface area contributed by atoms with Gasteiger partial charge in [-0.25, -0.2) is 4.79 Å². The number of amides is 2. The van der Waals surface area contributed by atoms with Crippen LogP contribution >= 0.6 is 0 Å². The smallest absolute Gasteiger partial charge is 0.407 e. The minimum atomic E-state index is -0.804. The van der Waals surface area contributed by atoms with Gasteiger partial charge in [0.1, 0.15) is 6.61 Å². The van der Waals surface area contributed by atoms with Crippen molar-refractivity contribution in [2.45, 2.75) is 69.9 Å². The molecule has 2 aliphatic rings. The van der Waals surface area contributed by atoms with Crippen molar-refractivity contribution in [3.8, 4) is 11.1 Å². The van der Waals surface area contributed by atoms with Gasteiger partial charge in [0.05, 0.1) is 0 Å². The molecule has 0 heterocycles. The number of benzene rings is 2. The van der Waals surface area contributed by atoms with Gasteiger partial charge in [-0.3, -0.25) is 9.59 Å². The largest absolute Gasteiger partial charge is 0.481 e. The van der Waals surface area contributed by atoms with E-state index < -0.39 is 12.1 Å². The Morgan fingerprint density at radius 3 is 2.29 bits per heavy atom. The Balaban J connectivity index is 1.25. The summed E-state index contributed by atoms with van der Waals surface area (Å²) in [6.45, 7) is 2.01. The first-order valence-corrected chi connectivity index (χ1v) is 12.5. The van der Waals surface area contributed by atoms with Gasteiger partial charge in [-0.2, -0.15) is 0 Å². The molecule has 2 aliphatic carbocycles. The van der Waals surface area contributed by atoms with Crippen LogP contribution in [0.1, 0.15) is 68.9 Å². The fourth-order valence-electron chi connectivity index (χ4n) is 5.49. The zero-order valence-corrected chi connectivity index (χ0v) is 20.2. The van der Waals surface area contributed by atoms with E-state index in [-0.39, 0.29) is 49.3 Å². The lowest BCUT2D eigenvalue weighted by molar-refractivity contribution is -0.137. The quantitative estimate of drug-likeness (QED) is 0.478. The number of ether oxygens (including phenoxy) is 1. The number of rotatable bonds is 9. The van der Waals surface area contributed by atoms with Crippen LogP contribution in [-0.4, -0.2) is 41.8 Å². The molecule has 2 amide bonds. The fraction of sp³-hybridized carbons (Fsp3) is 0.464. The second-order valence-electron chi connectivity index (χ2n) is 9.73. The van der Waals surface area contributed by atoms with Crippen molar-refractivity contribution in [3.05, 3.63) is 59.7 Å². The SMILES string of the molecule is CC(CC(=O)NC1CCCCC1CCC(=O)O)NC(=O)OCC1c2ccccc2-c2ccccc21. The molecule has 7 nitrogen and oxygen atoms in total. The molecule has 0 radical (unpaired) electrons. The van der Waals surface area contributed by atoms with E-state index in [2.05, 4.69) is 34.9 Å². The summed E-state index contributed by atoms with van der Waals surface area (Å²) in [5.41, 5.74) is 4.65. The molecule has 0 aromatic heterocycles. The van der Waals surface area contributed by atoms with E-state index in [1.165, 1.54) is 11.1 Å². The van der Waals surface area contributed by atoms with Gasteiger partial charge in [0.25, 0.3) is 0 Å². The zero-order valence-electron chi connectivity index (χ0n) is 20.2. The average Bonchev–Trinajstić information content (AvgIpc) is 3.15. The summed E-state index contributed by atoms with van der Waals surface area (Å²) in [7, 11) is 0. The van der Waals surface area contributed by atoms with Gasteiger partial charge in [0.15, 0.2) is 0 Å². The monoisotopic (exact) mass is 478 g/mol. The first-order valence-electron chi connectivity index (χ1n) is 12.5. The molecule has 7 heteroatoms. The third-order valence-electron chi connectivity index (χ3n) is 7.18. The first kappa shape index (κ1) is 24.8. The molecule has 1 fully saturated rings. The summed E-state index contributed by atoms with van der Waals surface area (Å²) in [4.78, 5) is 36.0. The number of nitrogens with one attached hydrogen (secondary N) is 2. The number of carboxylic acid groups (broad SMARTS) is 1. The molecule has 0 aliphatic heterocycles. The van der Waals surface area contributed by atoms with Crippen LogP contribution in [0.4, 0.5) is 4.79 Å². The highest BCUT2D eigenvalue weighted by Gasteiger charge is 2.30. The highest BCUT2D eigenvalue weighted by Crippen LogP contribution is 2.44. The van der Waals surface area contributed by atoms with Gasteiger partial charge in [-0.1, -0.05) is 61.4 Å². The Bertz CT molecular complexity index is 1020. The number of alkyl carbamates (subject to hydrolysis) is 1. The number of carbonyl (C=O) groups excluding carboxylic acids is 2. The van der Waals surface area contributed by atoms with E-state index in [4.69, 9.17) is 9.84 Å². The number of carboxylic acids is 1. The highest BCUT2D eigenvalue weighted by molar-refractivity contribution is 5.79. The van der Waals surface area contributed by atoms with Gasteiger partial charge in [0, 0.05) is 30.8 Å². The Hall–Kier alpha value is -3.35. The molecule has 0 saturated heterocycles. The standard InChI is InChI=1S/C28H34N2O5/c1-18(16-26(31)30-25-13-7-2-8-19(25)14-15-27(32)33)29-28(34)35-17-24-22-11-5-3-9-20(22)21-10-4-6-12-23(21)24/h3-6,9-12,18-19,24-25H,2,7-8,13-17H2,1H3,(H,29,34)(H,30,31)(H,32,33). The van der Waals surface area contributed by atoms with Crippen molar-refractivity contribution in [2.24, 2.45) is 5.92 Å². The number of aliphatic carboxylic acids is 1. The molecule has 3 N–H and O–H groups in total. The molecule has 0 spiro atoms. The molecule has 35 heavy (non-hydrogen) atoms. The molecular formula is C28H34N2O5. The molecule has 2 aromatic carbocycles. The van der Waals surface area contributed by atoms with Crippen molar-refractivity contribution in [1.82, 2.24) is 10.6 Å². The summed E-state index contributed by atoms with van der Waals surface area (Å²) in [5, 5.41) is 14.8. The van der Waals surface area contributed by atoms with E-state index in [1.807, 2.05) is 24.3 Å². The van der Waals surface area contributed by atoms with Gasteiger partial charge in [-0.15, -0.1) is 0 Å². The molecule has 186 valence electrons. The average molecular weight is 479 g/mol. The molecular weight excluding hydrogens is 444 g/mol. The van der Waals surface area contributed by atoms with Crippen LogP contribution in [0.3, 0.4) is 0 Å². The van der Waals surface area contributed by atoms with E-state index in [9.17, 15) is 14.4 Å². The fourth-order valence-corrected chi connectivity index (χ4v) is 5.49. The van der Waals surface area contributed by atoms with E-state index in [0.717, 1.165) is 36.8 Å². The van der Waals surface area contributed by atoms with Crippen LogP contribution in [0.25, 0.3) is 11.1 Å². The second-order valence-corrected chi connectivity index (χ2v) is 9.73. The third kappa shape index (κ3) is 6.21. The number of hydrogen-bond acceptors (Lipinski definition) is 4.